The molecule has 2 atom stereocenters. The number of rotatable bonds is 13. The van der Waals surface area contributed by atoms with Gasteiger partial charge in [-0.25, -0.2) is 0 Å². The Labute approximate surface area is 270 Å². The van der Waals surface area contributed by atoms with E-state index in [-0.39, 0.29) is 11.7 Å². The van der Waals surface area contributed by atoms with Gasteiger partial charge in [0.15, 0.2) is 11.5 Å². The van der Waals surface area contributed by atoms with Crippen molar-refractivity contribution in [3.8, 4) is 23.0 Å². The van der Waals surface area contributed by atoms with Crippen molar-refractivity contribution in [2.75, 3.05) is 13.7 Å². The number of ether oxygens (including phenoxy) is 3. The van der Waals surface area contributed by atoms with Gasteiger partial charge in [-0.05, 0) is 64.9 Å². The number of amides is 1. The van der Waals surface area contributed by atoms with Gasteiger partial charge in [-0.1, -0.05) is 103 Å². The van der Waals surface area contributed by atoms with Gasteiger partial charge in [-0.3, -0.25) is 10.1 Å². The molecule has 6 rings (SSSR count). The van der Waals surface area contributed by atoms with Crippen molar-refractivity contribution >= 4 is 5.91 Å². The summed E-state index contributed by atoms with van der Waals surface area (Å²) in [7, 11) is 1.61. The van der Waals surface area contributed by atoms with Crippen LogP contribution in [-0.2, 0) is 30.8 Å². The molecule has 0 aromatic heterocycles. The molecule has 2 N–H and O–H groups in total. The van der Waals surface area contributed by atoms with E-state index in [4.69, 9.17) is 14.2 Å². The molecule has 1 saturated heterocycles. The average Bonchev–Trinajstić information content (AvgIpc) is 3.41. The Morgan fingerprint density at radius 2 is 1.22 bits per heavy atom. The third kappa shape index (κ3) is 7.50. The van der Waals surface area contributed by atoms with Crippen LogP contribution in [0, 0.1) is 0 Å². The zero-order valence-corrected chi connectivity index (χ0v) is 25.8. The van der Waals surface area contributed by atoms with Crippen LogP contribution < -0.4 is 19.5 Å². The average molecular weight is 615 g/mol. The molecule has 0 saturated carbocycles. The largest absolute Gasteiger partial charge is 0.508 e. The van der Waals surface area contributed by atoms with E-state index in [2.05, 4.69) is 5.32 Å². The summed E-state index contributed by atoms with van der Waals surface area (Å²) in [6, 6.07) is 40.6. The predicted octanol–water partition coefficient (Wildman–Crippen LogP) is 6.84. The Kier molecular flexibility index (Phi) is 9.81. The van der Waals surface area contributed by atoms with Gasteiger partial charge < -0.3 is 24.2 Å². The highest BCUT2D eigenvalue weighted by atomic mass is 16.5. The van der Waals surface area contributed by atoms with Crippen molar-refractivity contribution in [1.82, 2.24) is 10.2 Å². The van der Waals surface area contributed by atoms with Crippen molar-refractivity contribution < 1.29 is 24.1 Å². The first-order valence-electron chi connectivity index (χ1n) is 15.5. The molecule has 1 heterocycles. The van der Waals surface area contributed by atoms with Gasteiger partial charge in [0.2, 0.25) is 11.7 Å². The molecule has 0 unspecified atom stereocenters. The first kappa shape index (κ1) is 30.7. The molecular formula is C39H38N2O5. The molecule has 46 heavy (non-hydrogen) atoms. The molecule has 0 bridgehead atoms. The Morgan fingerprint density at radius 1 is 0.696 bits per heavy atom. The minimum absolute atomic E-state index is 0.0296. The van der Waals surface area contributed by atoms with Crippen molar-refractivity contribution in [2.45, 2.75) is 38.3 Å². The van der Waals surface area contributed by atoms with Crippen LogP contribution in [-0.4, -0.2) is 35.6 Å². The molecule has 0 aliphatic carbocycles. The molecule has 1 amide bonds. The lowest BCUT2D eigenvalue weighted by Crippen LogP contribution is -2.33. The first-order valence-corrected chi connectivity index (χ1v) is 15.5. The number of phenolic OH excluding ortho intramolecular Hbond substituents is 1. The molecular weight excluding hydrogens is 576 g/mol. The number of methoxy groups -OCH3 is 1. The van der Waals surface area contributed by atoms with Crippen LogP contribution in [0.1, 0.15) is 34.0 Å². The SMILES string of the molecule is COc1c(OCc2ccccc2)cc([C@H]2N[C@H](Cc3ccccc3)C(=O)N2CCc2ccc(O)cc2)cc1OCc1ccccc1. The summed E-state index contributed by atoms with van der Waals surface area (Å²) >= 11 is 0. The normalized spacial score (nSPS) is 15.9. The summed E-state index contributed by atoms with van der Waals surface area (Å²) < 4.78 is 18.6. The zero-order chi connectivity index (χ0) is 31.7. The molecule has 234 valence electrons. The van der Waals surface area contributed by atoms with Crippen LogP contribution in [0.15, 0.2) is 127 Å². The van der Waals surface area contributed by atoms with Crippen LogP contribution in [0.5, 0.6) is 23.0 Å². The zero-order valence-electron chi connectivity index (χ0n) is 25.8. The maximum atomic E-state index is 14.0. The highest BCUT2D eigenvalue weighted by Gasteiger charge is 2.40. The number of hydrogen-bond acceptors (Lipinski definition) is 6. The van der Waals surface area contributed by atoms with Crippen molar-refractivity contribution in [2.24, 2.45) is 0 Å². The number of carbonyl (C=O) groups is 1. The fourth-order valence-corrected chi connectivity index (χ4v) is 5.74. The highest BCUT2D eigenvalue weighted by Crippen LogP contribution is 2.42. The van der Waals surface area contributed by atoms with Crippen LogP contribution >= 0.6 is 0 Å². The van der Waals surface area contributed by atoms with Gasteiger partial charge in [0.1, 0.15) is 25.1 Å². The van der Waals surface area contributed by atoms with E-state index in [1.54, 1.807) is 19.2 Å². The molecule has 7 heteroatoms. The number of benzene rings is 5. The summed E-state index contributed by atoms with van der Waals surface area (Å²) in [5.74, 6) is 1.81. The molecule has 5 aromatic carbocycles. The number of phenols is 1. The molecule has 0 spiro atoms. The quantitative estimate of drug-likeness (QED) is 0.151. The minimum Gasteiger partial charge on any atom is -0.508 e. The Bertz CT molecular complexity index is 1650. The molecule has 5 aromatic rings. The topological polar surface area (TPSA) is 80.3 Å². The molecule has 1 aliphatic rings. The van der Waals surface area contributed by atoms with Gasteiger partial charge in [-0.2, -0.15) is 0 Å². The fourth-order valence-electron chi connectivity index (χ4n) is 5.74. The smallest absolute Gasteiger partial charge is 0.241 e. The third-order valence-corrected chi connectivity index (χ3v) is 8.15. The second-order valence-corrected chi connectivity index (χ2v) is 11.4. The van der Waals surface area contributed by atoms with Gasteiger partial charge in [0.05, 0.1) is 13.2 Å². The van der Waals surface area contributed by atoms with E-state index in [1.165, 1.54) is 0 Å². The van der Waals surface area contributed by atoms with E-state index >= 15 is 0 Å². The Balaban J connectivity index is 1.34. The third-order valence-electron chi connectivity index (χ3n) is 8.15. The predicted molar refractivity (Wildman–Crippen MR) is 178 cm³/mol. The number of nitrogens with zero attached hydrogens (tertiary/aromatic N) is 1. The van der Waals surface area contributed by atoms with Crippen molar-refractivity contribution in [3.63, 3.8) is 0 Å². The molecule has 7 nitrogen and oxygen atoms in total. The van der Waals surface area contributed by atoms with E-state index in [9.17, 15) is 9.90 Å². The van der Waals surface area contributed by atoms with Crippen molar-refractivity contribution in [1.29, 1.82) is 0 Å². The summed E-state index contributed by atoms with van der Waals surface area (Å²) in [6.07, 6.45) is 0.770. The lowest BCUT2D eigenvalue weighted by molar-refractivity contribution is -0.130. The van der Waals surface area contributed by atoms with Gasteiger partial charge in [0, 0.05) is 6.54 Å². The minimum atomic E-state index is -0.428. The highest BCUT2D eigenvalue weighted by molar-refractivity contribution is 5.85. The monoisotopic (exact) mass is 614 g/mol. The number of nitrogens with one attached hydrogen (secondary N) is 1. The van der Waals surface area contributed by atoms with Crippen LogP contribution in [0.3, 0.4) is 0 Å². The first-order chi connectivity index (χ1) is 22.6. The second-order valence-electron chi connectivity index (χ2n) is 11.4. The standard InChI is InChI=1S/C39H38N2O5/c1-44-37-35(45-26-30-13-7-3-8-14-30)24-32(25-36(37)46-27-31-15-9-4-10-16-31)38-40-34(23-29-11-5-2-6-12-29)39(43)41(38)22-21-28-17-19-33(42)20-18-28/h2-20,24-25,34,38,40,42H,21-23,26-27H2,1H3/t34-,38+/m1/s1. The summed E-state index contributed by atoms with van der Waals surface area (Å²) in [6.45, 7) is 1.17. The Morgan fingerprint density at radius 3 is 1.74 bits per heavy atom. The molecule has 0 radical (unpaired) electrons. The summed E-state index contributed by atoms with van der Waals surface area (Å²) in [5, 5.41) is 13.4. The van der Waals surface area contributed by atoms with Crippen LogP contribution in [0.25, 0.3) is 0 Å². The maximum Gasteiger partial charge on any atom is 0.241 e. The maximum absolute atomic E-state index is 14.0. The fraction of sp³-hybridized carbons (Fsp3) is 0.205. The molecule has 1 aliphatic heterocycles. The number of carbonyl (C=O) groups excluding carboxylic acids is 1. The van der Waals surface area contributed by atoms with Gasteiger partial charge in [0.25, 0.3) is 0 Å². The number of hydrogen-bond donors (Lipinski definition) is 2. The lowest BCUT2D eigenvalue weighted by atomic mass is 10.1. The van der Waals surface area contributed by atoms with Crippen LogP contribution in [0.2, 0.25) is 0 Å². The van der Waals surface area contributed by atoms with Crippen molar-refractivity contribution in [3.05, 3.63) is 155 Å². The van der Waals surface area contributed by atoms with E-state index in [1.807, 2.05) is 120 Å². The second kappa shape index (κ2) is 14.7. The van der Waals surface area contributed by atoms with E-state index < -0.39 is 12.2 Å². The van der Waals surface area contributed by atoms with Gasteiger partial charge in [-0.15, -0.1) is 0 Å². The summed E-state index contributed by atoms with van der Waals surface area (Å²) in [4.78, 5) is 15.9. The summed E-state index contributed by atoms with van der Waals surface area (Å²) in [5.41, 5.74) is 5.00. The van der Waals surface area contributed by atoms with E-state index in [0.717, 1.165) is 27.8 Å². The lowest BCUT2D eigenvalue weighted by Gasteiger charge is -2.26. The molecule has 1 fully saturated rings. The Hall–Kier alpha value is -5.27. The number of aromatic hydroxyl groups is 1. The van der Waals surface area contributed by atoms with E-state index in [0.29, 0.717) is 49.8 Å². The van der Waals surface area contributed by atoms with Gasteiger partial charge >= 0.3 is 0 Å². The van der Waals surface area contributed by atoms with Crippen LogP contribution in [0.4, 0.5) is 0 Å².